The van der Waals surface area contributed by atoms with E-state index in [0.717, 1.165) is 34.6 Å². The maximum absolute atomic E-state index is 13.2. The summed E-state index contributed by atoms with van der Waals surface area (Å²) in [6.07, 6.45) is 2.62. The molecule has 2 unspecified atom stereocenters. The first kappa shape index (κ1) is 30.3. The SMILES string of the molecule is COC(=O)c1c(NC(=O)C(C)Sc2cccc(NC(=O)c3ccc([N+](=O)[O-])cc3)c2)sc2c1CCC(C(C)(C)C)C2. The Kier molecular flexibility index (Phi) is 9.18. The minimum Gasteiger partial charge on any atom is -0.465 e. The normalized spacial score (nSPS) is 15.4. The third-order valence-corrected chi connectivity index (χ3v) is 9.49. The van der Waals surface area contributed by atoms with Crippen LogP contribution in [0.3, 0.4) is 0 Å². The highest BCUT2D eigenvalue weighted by atomic mass is 32.2. The number of methoxy groups -OCH3 is 1. The molecule has 41 heavy (non-hydrogen) atoms. The molecular formula is C30H33N3O6S2. The first-order valence-electron chi connectivity index (χ1n) is 13.2. The van der Waals surface area contributed by atoms with Crippen LogP contribution >= 0.6 is 23.1 Å². The number of anilines is 2. The van der Waals surface area contributed by atoms with Gasteiger partial charge < -0.3 is 15.4 Å². The van der Waals surface area contributed by atoms with Crippen molar-refractivity contribution in [1.29, 1.82) is 0 Å². The average Bonchev–Trinajstić information content (AvgIpc) is 3.29. The number of thioether (sulfide) groups is 1. The first-order chi connectivity index (χ1) is 19.4. The smallest absolute Gasteiger partial charge is 0.341 e. The number of esters is 1. The van der Waals surface area contributed by atoms with Crippen molar-refractivity contribution in [3.63, 3.8) is 0 Å². The maximum atomic E-state index is 13.2. The van der Waals surface area contributed by atoms with E-state index in [1.165, 1.54) is 54.5 Å². The number of ether oxygens (including phenoxy) is 1. The molecule has 9 nitrogen and oxygen atoms in total. The van der Waals surface area contributed by atoms with Crippen LogP contribution < -0.4 is 10.6 Å². The van der Waals surface area contributed by atoms with Crippen LogP contribution in [-0.4, -0.2) is 35.1 Å². The van der Waals surface area contributed by atoms with E-state index < -0.39 is 22.0 Å². The predicted molar refractivity (Wildman–Crippen MR) is 162 cm³/mol. The van der Waals surface area contributed by atoms with E-state index in [4.69, 9.17) is 4.74 Å². The fourth-order valence-electron chi connectivity index (χ4n) is 4.79. The number of benzene rings is 2. The van der Waals surface area contributed by atoms with E-state index in [1.54, 1.807) is 25.1 Å². The number of carbonyl (C=O) groups is 3. The number of nitrogens with one attached hydrogen (secondary N) is 2. The molecule has 0 radical (unpaired) electrons. The Labute approximate surface area is 247 Å². The zero-order chi connectivity index (χ0) is 29.9. The fraction of sp³-hybridized carbons (Fsp3) is 0.367. The lowest BCUT2D eigenvalue weighted by Crippen LogP contribution is -2.26. The Bertz CT molecular complexity index is 1480. The second kappa shape index (κ2) is 12.4. The minimum atomic E-state index is -0.523. The summed E-state index contributed by atoms with van der Waals surface area (Å²) < 4.78 is 5.07. The molecule has 216 valence electrons. The largest absolute Gasteiger partial charge is 0.465 e. The molecule has 0 spiro atoms. The lowest BCUT2D eigenvalue weighted by atomic mass is 9.72. The Morgan fingerprint density at radius 2 is 1.83 bits per heavy atom. The van der Waals surface area contributed by atoms with E-state index in [-0.39, 0.29) is 22.6 Å². The zero-order valence-corrected chi connectivity index (χ0v) is 25.2. The summed E-state index contributed by atoms with van der Waals surface area (Å²) in [5.74, 6) is -0.598. The monoisotopic (exact) mass is 595 g/mol. The van der Waals surface area contributed by atoms with Gasteiger partial charge in [-0.1, -0.05) is 26.8 Å². The molecule has 11 heteroatoms. The van der Waals surface area contributed by atoms with Crippen molar-refractivity contribution in [3.05, 3.63) is 80.2 Å². The number of hydrogen-bond donors (Lipinski definition) is 2. The van der Waals surface area contributed by atoms with Crippen LogP contribution in [0.5, 0.6) is 0 Å². The molecule has 0 fully saturated rings. The number of nitro benzene ring substituents is 1. The van der Waals surface area contributed by atoms with E-state index >= 15 is 0 Å². The lowest BCUT2D eigenvalue weighted by Gasteiger charge is -2.33. The fourth-order valence-corrected chi connectivity index (χ4v) is 7.03. The number of fused-ring (bicyclic) bond motifs is 1. The highest BCUT2D eigenvalue weighted by Crippen LogP contribution is 2.44. The van der Waals surface area contributed by atoms with Gasteiger partial charge in [0.05, 0.1) is 22.8 Å². The molecule has 2 amide bonds. The van der Waals surface area contributed by atoms with Crippen molar-refractivity contribution in [3.8, 4) is 0 Å². The van der Waals surface area contributed by atoms with E-state index in [9.17, 15) is 24.5 Å². The highest BCUT2D eigenvalue weighted by Gasteiger charge is 2.34. The summed E-state index contributed by atoms with van der Waals surface area (Å²) in [4.78, 5) is 50.8. The van der Waals surface area contributed by atoms with Crippen molar-refractivity contribution >= 4 is 57.3 Å². The topological polar surface area (TPSA) is 128 Å². The summed E-state index contributed by atoms with van der Waals surface area (Å²) in [7, 11) is 1.35. The van der Waals surface area contributed by atoms with Gasteiger partial charge in [-0.15, -0.1) is 23.1 Å². The first-order valence-corrected chi connectivity index (χ1v) is 14.9. The standard InChI is InChI=1S/C30H33N3O6S2/c1-17(40-22-8-6-7-20(16-22)31-27(35)18-9-12-21(13-10-18)33(37)38)26(34)32-28-25(29(36)39-5)23-14-11-19(30(2,3)4)15-24(23)41-28/h6-10,12-13,16-17,19H,11,14-15H2,1-5H3,(H,31,35)(H,32,34). The van der Waals surface area contributed by atoms with Crippen molar-refractivity contribution in [2.75, 3.05) is 17.7 Å². The van der Waals surface area contributed by atoms with Gasteiger partial charge >= 0.3 is 5.97 Å². The van der Waals surface area contributed by atoms with Crippen LogP contribution in [0.2, 0.25) is 0 Å². The molecule has 3 aromatic rings. The predicted octanol–water partition coefficient (Wildman–Crippen LogP) is 6.97. The van der Waals surface area contributed by atoms with Crippen molar-refractivity contribution in [2.24, 2.45) is 11.3 Å². The van der Waals surface area contributed by atoms with E-state index in [1.807, 2.05) is 6.07 Å². The van der Waals surface area contributed by atoms with Gasteiger partial charge in [-0.3, -0.25) is 19.7 Å². The van der Waals surface area contributed by atoms with Crippen LogP contribution in [0, 0.1) is 21.4 Å². The molecule has 1 aromatic heterocycles. The molecule has 4 rings (SSSR count). The average molecular weight is 596 g/mol. The van der Waals surface area contributed by atoms with Gasteiger partial charge in [-0.05, 0) is 73.4 Å². The summed E-state index contributed by atoms with van der Waals surface area (Å²) >= 11 is 2.78. The van der Waals surface area contributed by atoms with E-state index in [0.29, 0.717) is 22.2 Å². The van der Waals surface area contributed by atoms with Gasteiger partial charge in [-0.2, -0.15) is 0 Å². The summed E-state index contributed by atoms with van der Waals surface area (Å²) in [6, 6.07) is 12.4. The molecule has 2 N–H and O–H groups in total. The van der Waals surface area contributed by atoms with Gasteiger partial charge in [0, 0.05) is 33.2 Å². The number of amides is 2. The molecule has 0 aliphatic heterocycles. The third kappa shape index (κ3) is 7.15. The molecule has 1 aliphatic rings. The van der Waals surface area contributed by atoms with Crippen LogP contribution in [-0.2, 0) is 22.4 Å². The van der Waals surface area contributed by atoms with Gasteiger partial charge in [0.25, 0.3) is 11.6 Å². The van der Waals surface area contributed by atoms with Gasteiger partial charge in [0.1, 0.15) is 5.00 Å². The van der Waals surface area contributed by atoms with E-state index in [2.05, 4.69) is 31.4 Å². The lowest BCUT2D eigenvalue weighted by molar-refractivity contribution is -0.384. The minimum absolute atomic E-state index is 0.0947. The number of hydrogen-bond acceptors (Lipinski definition) is 8. The molecule has 2 atom stereocenters. The van der Waals surface area contributed by atoms with Gasteiger partial charge in [-0.25, -0.2) is 4.79 Å². The Morgan fingerprint density at radius 1 is 1.12 bits per heavy atom. The second-order valence-corrected chi connectivity index (χ2v) is 13.6. The van der Waals surface area contributed by atoms with Gasteiger partial charge in [0.15, 0.2) is 0 Å². The number of non-ortho nitro benzene ring substituents is 1. The highest BCUT2D eigenvalue weighted by molar-refractivity contribution is 8.00. The number of thiophene rings is 1. The molecule has 1 aliphatic carbocycles. The molecule has 2 aromatic carbocycles. The quantitative estimate of drug-likeness (QED) is 0.125. The van der Waals surface area contributed by atoms with Gasteiger partial charge in [0.2, 0.25) is 5.91 Å². The van der Waals surface area contributed by atoms with Crippen LogP contribution in [0.25, 0.3) is 0 Å². The van der Waals surface area contributed by atoms with Crippen molar-refractivity contribution in [2.45, 2.75) is 57.1 Å². The number of rotatable bonds is 8. The summed E-state index contributed by atoms with van der Waals surface area (Å²) in [6.45, 7) is 8.47. The van der Waals surface area contributed by atoms with Crippen molar-refractivity contribution < 1.29 is 24.0 Å². The second-order valence-electron chi connectivity index (χ2n) is 11.0. The maximum Gasteiger partial charge on any atom is 0.341 e. The number of carbonyl (C=O) groups excluding carboxylic acids is 3. The zero-order valence-electron chi connectivity index (χ0n) is 23.6. The van der Waals surface area contributed by atoms with Crippen LogP contribution in [0.15, 0.2) is 53.4 Å². The molecule has 0 saturated heterocycles. The molecule has 1 heterocycles. The Morgan fingerprint density at radius 3 is 2.46 bits per heavy atom. The third-order valence-electron chi connectivity index (χ3n) is 7.23. The summed E-state index contributed by atoms with van der Waals surface area (Å²) in [5.41, 5.74) is 2.31. The summed E-state index contributed by atoms with van der Waals surface area (Å²) in [5, 5.41) is 16.6. The number of nitro groups is 1. The molecular weight excluding hydrogens is 562 g/mol. The molecule has 0 saturated carbocycles. The van der Waals surface area contributed by atoms with Crippen molar-refractivity contribution in [1.82, 2.24) is 0 Å². The Balaban J connectivity index is 1.44. The Hall–Kier alpha value is -3.70. The van der Waals surface area contributed by atoms with Crippen LogP contribution in [0.1, 0.15) is 65.3 Å². The molecule has 0 bridgehead atoms. The van der Waals surface area contributed by atoms with Crippen LogP contribution in [0.4, 0.5) is 16.4 Å². The number of nitrogens with zero attached hydrogens (tertiary/aromatic N) is 1.